The number of aryl methyl sites for hydroxylation is 2. The fourth-order valence-corrected chi connectivity index (χ4v) is 3.50. The Labute approximate surface area is 191 Å². The molecule has 0 fully saturated rings. The Morgan fingerprint density at radius 3 is 2.73 bits per heavy atom. The van der Waals surface area contributed by atoms with E-state index in [2.05, 4.69) is 10.4 Å². The Hall–Kier alpha value is -3.88. The van der Waals surface area contributed by atoms with Crippen molar-refractivity contribution in [2.75, 3.05) is 11.8 Å². The zero-order chi connectivity index (χ0) is 23.5. The lowest BCUT2D eigenvalue weighted by molar-refractivity contribution is -0.148. The second-order valence-electron chi connectivity index (χ2n) is 8.00. The first-order valence-electron chi connectivity index (χ1n) is 10.7. The Bertz CT molecular complexity index is 1140. The molecule has 1 N–H and O–H groups in total. The number of fused-ring (bicyclic) bond motifs is 1. The molecule has 33 heavy (non-hydrogen) atoms. The van der Waals surface area contributed by atoms with Crippen LogP contribution in [0.4, 0.5) is 5.69 Å². The molecular weight excluding hydrogens is 426 g/mol. The number of benzene rings is 2. The summed E-state index contributed by atoms with van der Waals surface area (Å²) in [5.41, 5.74) is 3.39. The van der Waals surface area contributed by atoms with Crippen LogP contribution in [0.2, 0.25) is 0 Å². The number of esters is 1. The number of nitrogens with one attached hydrogen (secondary N) is 1. The van der Waals surface area contributed by atoms with Crippen LogP contribution in [0.25, 0.3) is 0 Å². The van der Waals surface area contributed by atoms with Gasteiger partial charge in [0.05, 0.1) is 5.69 Å². The number of hydrogen-bond donors (Lipinski definition) is 1. The summed E-state index contributed by atoms with van der Waals surface area (Å²) >= 11 is 0. The minimum Gasteiger partial charge on any atom is -0.454 e. The maximum absolute atomic E-state index is 12.6. The predicted octanol–water partition coefficient (Wildman–Crippen LogP) is 2.76. The summed E-state index contributed by atoms with van der Waals surface area (Å²) in [4.78, 5) is 37.5. The minimum atomic E-state index is -1.03. The number of amides is 2. The molecule has 0 radical (unpaired) electrons. The Balaban J connectivity index is 1.37. The molecule has 1 unspecified atom stereocenters. The highest BCUT2D eigenvalue weighted by atomic mass is 16.7. The van der Waals surface area contributed by atoms with Crippen LogP contribution < -0.4 is 19.8 Å². The summed E-state index contributed by atoms with van der Waals surface area (Å²) in [6, 6.07) is 11.1. The first-order chi connectivity index (χ1) is 15.8. The van der Waals surface area contributed by atoms with Gasteiger partial charge in [0, 0.05) is 19.4 Å². The molecule has 2 amide bonds. The van der Waals surface area contributed by atoms with Crippen LogP contribution in [-0.2, 0) is 25.7 Å². The fourth-order valence-electron chi connectivity index (χ4n) is 3.50. The summed E-state index contributed by atoms with van der Waals surface area (Å²) < 4.78 is 15.9. The van der Waals surface area contributed by atoms with Gasteiger partial charge in [0.15, 0.2) is 17.6 Å². The average molecular weight is 451 g/mol. The highest BCUT2D eigenvalue weighted by molar-refractivity contribution is 6.38. The highest BCUT2D eigenvalue weighted by Gasteiger charge is 2.29. The first-order valence-corrected chi connectivity index (χ1v) is 10.7. The molecule has 0 saturated heterocycles. The molecule has 2 heterocycles. The van der Waals surface area contributed by atoms with Crippen molar-refractivity contribution < 1.29 is 28.6 Å². The van der Waals surface area contributed by atoms with E-state index in [1.807, 2.05) is 38.1 Å². The van der Waals surface area contributed by atoms with E-state index in [1.165, 1.54) is 11.9 Å². The third-order valence-corrected chi connectivity index (χ3v) is 5.42. The lowest BCUT2D eigenvalue weighted by Gasteiger charge is -2.25. The van der Waals surface area contributed by atoms with Crippen molar-refractivity contribution >= 4 is 29.2 Å². The lowest BCUT2D eigenvalue weighted by atomic mass is 10.1. The van der Waals surface area contributed by atoms with Gasteiger partial charge in [-0.1, -0.05) is 18.2 Å². The summed E-state index contributed by atoms with van der Waals surface area (Å²) in [5, 5.41) is 8.22. The second kappa shape index (κ2) is 9.32. The van der Waals surface area contributed by atoms with Crippen LogP contribution in [-0.4, -0.2) is 36.4 Å². The van der Waals surface area contributed by atoms with Crippen molar-refractivity contribution in [2.24, 2.45) is 5.10 Å². The number of hydrazone groups is 1. The van der Waals surface area contributed by atoms with Crippen molar-refractivity contribution in [1.82, 2.24) is 5.32 Å². The number of ether oxygens (including phenoxy) is 3. The number of hydrogen-bond acceptors (Lipinski definition) is 7. The maximum Gasteiger partial charge on any atom is 0.355 e. The highest BCUT2D eigenvalue weighted by Crippen LogP contribution is 2.32. The van der Waals surface area contributed by atoms with Crippen LogP contribution in [0.5, 0.6) is 11.5 Å². The van der Waals surface area contributed by atoms with Crippen molar-refractivity contribution in [3.8, 4) is 11.5 Å². The summed E-state index contributed by atoms with van der Waals surface area (Å²) in [6.07, 6.45) is -0.739. The molecular formula is C24H25N3O6. The normalized spacial score (nSPS) is 15.7. The molecule has 0 aliphatic carbocycles. The maximum atomic E-state index is 12.6. The molecule has 9 heteroatoms. The van der Waals surface area contributed by atoms with Crippen molar-refractivity contribution in [1.29, 1.82) is 0 Å². The van der Waals surface area contributed by atoms with Crippen molar-refractivity contribution in [2.45, 2.75) is 46.3 Å². The largest absolute Gasteiger partial charge is 0.454 e. The van der Waals surface area contributed by atoms with Crippen molar-refractivity contribution in [3.05, 3.63) is 53.1 Å². The summed E-state index contributed by atoms with van der Waals surface area (Å²) in [5.74, 6) is -0.0771. The third kappa shape index (κ3) is 4.97. The number of nitrogens with zero attached hydrogens (tertiary/aromatic N) is 2. The lowest BCUT2D eigenvalue weighted by Crippen LogP contribution is -2.39. The molecule has 2 aliphatic heterocycles. The van der Waals surface area contributed by atoms with Crippen LogP contribution in [0.15, 0.2) is 41.5 Å². The molecule has 0 saturated carbocycles. The first kappa shape index (κ1) is 22.3. The van der Waals surface area contributed by atoms with Crippen LogP contribution in [0, 0.1) is 13.8 Å². The van der Waals surface area contributed by atoms with E-state index in [0.717, 1.165) is 16.7 Å². The topological polar surface area (TPSA) is 107 Å². The van der Waals surface area contributed by atoms with Gasteiger partial charge >= 0.3 is 5.97 Å². The number of carbonyl (C=O) groups excluding carboxylic acids is 3. The van der Waals surface area contributed by atoms with E-state index in [-0.39, 0.29) is 37.8 Å². The quantitative estimate of drug-likeness (QED) is 0.677. The summed E-state index contributed by atoms with van der Waals surface area (Å²) in [7, 11) is 0. The van der Waals surface area contributed by atoms with Gasteiger partial charge in [-0.2, -0.15) is 10.1 Å². The van der Waals surface area contributed by atoms with Gasteiger partial charge in [-0.05, 0) is 55.7 Å². The van der Waals surface area contributed by atoms with Crippen molar-refractivity contribution in [3.63, 3.8) is 0 Å². The molecule has 4 rings (SSSR count). The SMILES string of the molecule is Cc1ccc(C)c(N2N=C(C(=O)OC(C)C(=O)NCc3ccc4c(c3)OCO4)CCC2=O)c1. The summed E-state index contributed by atoms with van der Waals surface area (Å²) in [6.45, 7) is 5.70. The Morgan fingerprint density at radius 1 is 1.12 bits per heavy atom. The predicted molar refractivity (Wildman–Crippen MR) is 120 cm³/mol. The van der Waals surface area contributed by atoms with E-state index in [1.54, 1.807) is 12.1 Å². The molecule has 172 valence electrons. The monoisotopic (exact) mass is 451 g/mol. The molecule has 2 aromatic rings. The van der Waals surface area contributed by atoms with E-state index in [4.69, 9.17) is 14.2 Å². The second-order valence-corrected chi connectivity index (χ2v) is 8.00. The van der Waals surface area contributed by atoms with Crippen LogP contribution in [0.1, 0.15) is 36.5 Å². The van der Waals surface area contributed by atoms with Gasteiger partial charge in [-0.25, -0.2) is 4.79 Å². The standard InChI is InChI=1S/C24H25N3O6/c1-14-4-5-15(2)19(10-14)27-22(28)9-7-18(26-27)24(30)33-16(3)23(29)25-12-17-6-8-20-21(11-17)32-13-31-20/h4-6,8,10-11,16H,7,9,12-13H2,1-3H3,(H,25,29). The zero-order valence-corrected chi connectivity index (χ0v) is 18.7. The molecule has 2 aromatic carbocycles. The third-order valence-electron chi connectivity index (χ3n) is 5.42. The fraction of sp³-hybridized carbons (Fsp3) is 0.333. The van der Waals surface area contributed by atoms with E-state index in [9.17, 15) is 14.4 Å². The number of rotatable bonds is 6. The van der Waals surface area contributed by atoms with E-state index < -0.39 is 18.0 Å². The minimum absolute atomic E-state index is 0.103. The zero-order valence-electron chi connectivity index (χ0n) is 18.7. The molecule has 0 spiro atoms. The van der Waals surface area contributed by atoms with Gasteiger partial charge in [0.2, 0.25) is 12.7 Å². The molecule has 9 nitrogen and oxygen atoms in total. The van der Waals surface area contributed by atoms with Gasteiger partial charge in [-0.3, -0.25) is 9.59 Å². The molecule has 1 atom stereocenters. The Morgan fingerprint density at radius 2 is 1.91 bits per heavy atom. The molecule has 0 aromatic heterocycles. The smallest absolute Gasteiger partial charge is 0.355 e. The van der Waals surface area contributed by atoms with E-state index >= 15 is 0 Å². The van der Waals surface area contributed by atoms with Crippen LogP contribution in [0.3, 0.4) is 0 Å². The number of carbonyl (C=O) groups is 3. The van der Waals surface area contributed by atoms with Crippen LogP contribution >= 0.6 is 0 Å². The van der Waals surface area contributed by atoms with Gasteiger partial charge in [0.25, 0.3) is 5.91 Å². The average Bonchev–Trinajstić information content (AvgIpc) is 3.27. The van der Waals surface area contributed by atoms with Gasteiger partial charge in [-0.15, -0.1) is 0 Å². The van der Waals surface area contributed by atoms with Gasteiger partial charge in [0.1, 0.15) is 5.71 Å². The van der Waals surface area contributed by atoms with E-state index in [0.29, 0.717) is 17.2 Å². The molecule has 2 aliphatic rings. The Kier molecular flexibility index (Phi) is 6.30. The van der Waals surface area contributed by atoms with Gasteiger partial charge < -0.3 is 19.5 Å². The number of anilines is 1. The molecule has 0 bridgehead atoms.